The molecule has 0 aromatic heterocycles. The molecular formula is C13H13BrFN. The maximum absolute atomic E-state index is 13.6. The summed E-state index contributed by atoms with van der Waals surface area (Å²) in [5.41, 5.74) is 0.618. The van der Waals surface area contributed by atoms with Crippen molar-refractivity contribution in [3.63, 3.8) is 0 Å². The monoisotopic (exact) mass is 281 g/mol. The molecule has 2 aliphatic carbocycles. The molecule has 0 radical (unpaired) electrons. The van der Waals surface area contributed by atoms with Crippen molar-refractivity contribution in [2.24, 2.45) is 11.8 Å². The van der Waals surface area contributed by atoms with E-state index in [4.69, 9.17) is 0 Å². The molecule has 1 saturated carbocycles. The molecule has 1 N–H and O–H groups in total. The van der Waals surface area contributed by atoms with Gasteiger partial charge >= 0.3 is 0 Å². The molecule has 0 bridgehead atoms. The van der Waals surface area contributed by atoms with Crippen molar-refractivity contribution < 1.29 is 4.39 Å². The number of fused-ring (bicyclic) bond motifs is 1. The molecule has 84 valence electrons. The number of halogens is 2. The van der Waals surface area contributed by atoms with Gasteiger partial charge in [-0.1, -0.05) is 28.1 Å². The fourth-order valence-electron chi connectivity index (χ4n) is 2.69. The van der Waals surface area contributed by atoms with Gasteiger partial charge in [0.2, 0.25) is 0 Å². The van der Waals surface area contributed by atoms with Crippen LogP contribution in [-0.2, 0) is 0 Å². The first-order valence-electron chi connectivity index (χ1n) is 5.62. The number of allylic oxidation sites excluding steroid dienone is 1. The second kappa shape index (κ2) is 3.88. The minimum atomic E-state index is -0.181. The molecule has 0 saturated heterocycles. The zero-order valence-corrected chi connectivity index (χ0v) is 10.4. The normalized spacial score (nSPS) is 31.0. The summed E-state index contributed by atoms with van der Waals surface area (Å²) in [6.07, 6.45) is 6.87. The van der Waals surface area contributed by atoms with Crippen molar-refractivity contribution in [1.82, 2.24) is 0 Å². The SMILES string of the molecule is Fc1cc(Br)ccc1NC1CC2CC=CC21. The Bertz CT molecular complexity index is 444. The van der Waals surface area contributed by atoms with Crippen LogP contribution in [0.5, 0.6) is 0 Å². The molecule has 2 aliphatic rings. The van der Waals surface area contributed by atoms with Gasteiger partial charge in [-0.15, -0.1) is 0 Å². The Hall–Kier alpha value is -0.830. The molecular weight excluding hydrogens is 269 g/mol. The fourth-order valence-corrected chi connectivity index (χ4v) is 3.02. The molecule has 1 aromatic carbocycles. The van der Waals surface area contributed by atoms with Crippen molar-refractivity contribution in [1.29, 1.82) is 0 Å². The first-order valence-corrected chi connectivity index (χ1v) is 6.41. The highest BCUT2D eigenvalue weighted by atomic mass is 79.9. The van der Waals surface area contributed by atoms with E-state index in [2.05, 4.69) is 33.4 Å². The molecule has 1 nitrogen and oxygen atoms in total. The van der Waals surface area contributed by atoms with Gasteiger partial charge in [0.15, 0.2) is 0 Å². The van der Waals surface area contributed by atoms with Crippen LogP contribution in [0.2, 0.25) is 0 Å². The van der Waals surface area contributed by atoms with E-state index in [9.17, 15) is 4.39 Å². The van der Waals surface area contributed by atoms with Crippen LogP contribution in [0.25, 0.3) is 0 Å². The lowest BCUT2D eigenvalue weighted by atomic mass is 9.71. The second-order valence-electron chi connectivity index (χ2n) is 4.61. The molecule has 16 heavy (non-hydrogen) atoms. The summed E-state index contributed by atoms with van der Waals surface area (Å²) >= 11 is 3.26. The van der Waals surface area contributed by atoms with Crippen LogP contribution in [0.15, 0.2) is 34.8 Å². The van der Waals surface area contributed by atoms with Gasteiger partial charge in [-0.2, -0.15) is 0 Å². The number of hydrogen-bond donors (Lipinski definition) is 1. The third-order valence-corrected chi connectivity index (χ3v) is 4.13. The zero-order valence-electron chi connectivity index (χ0n) is 8.79. The Kier molecular flexibility index (Phi) is 2.51. The highest BCUT2D eigenvalue weighted by Gasteiger charge is 2.41. The summed E-state index contributed by atoms with van der Waals surface area (Å²) < 4.78 is 14.4. The van der Waals surface area contributed by atoms with Gasteiger partial charge in [0.25, 0.3) is 0 Å². The lowest BCUT2D eigenvalue weighted by Gasteiger charge is -2.41. The number of benzene rings is 1. The van der Waals surface area contributed by atoms with Gasteiger partial charge in [-0.25, -0.2) is 4.39 Å². The van der Waals surface area contributed by atoms with E-state index < -0.39 is 0 Å². The van der Waals surface area contributed by atoms with Crippen LogP contribution >= 0.6 is 15.9 Å². The maximum atomic E-state index is 13.6. The summed E-state index contributed by atoms with van der Waals surface area (Å²) in [5.74, 6) is 1.24. The number of hydrogen-bond acceptors (Lipinski definition) is 1. The third kappa shape index (κ3) is 1.67. The van der Waals surface area contributed by atoms with Gasteiger partial charge in [-0.3, -0.25) is 0 Å². The lowest BCUT2D eigenvalue weighted by molar-refractivity contribution is 0.217. The van der Waals surface area contributed by atoms with Crippen LogP contribution < -0.4 is 5.32 Å². The predicted octanol–water partition coefficient (Wildman–Crippen LogP) is 3.96. The second-order valence-corrected chi connectivity index (χ2v) is 5.53. The van der Waals surface area contributed by atoms with Crippen LogP contribution in [0, 0.1) is 17.7 Å². The lowest BCUT2D eigenvalue weighted by Crippen LogP contribution is -2.43. The molecule has 1 fully saturated rings. The number of anilines is 1. The molecule has 1 aromatic rings. The summed E-state index contributed by atoms with van der Waals surface area (Å²) in [7, 11) is 0. The average molecular weight is 282 g/mol. The van der Waals surface area contributed by atoms with E-state index in [1.165, 1.54) is 12.5 Å². The van der Waals surface area contributed by atoms with Gasteiger partial charge in [0.05, 0.1) is 5.69 Å². The van der Waals surface area contributed by atoms with Gasteiger partial charge in [0, 0.05) is 16.4 Å². The van der Waals surface area contributed by atoms with Gasteiger partial charge in [-0.05, 0) is 37.0 Å². The minimum absolute atomic E-state index is 0.181. The van der Waals surface area contributed by atoms with Crippen LogP contribution in [0.4, 0.5) is 10.1 Å². The van der Waals surface area contributed by atoms with E-state index in [1.807, 2.05) is 6.07 Å². The Balaban J connectivity index is 1.73. The zero-order chi connectivity index (χ0) is 11.1. The van der Waals surface area contributed by atoms with E-state index >= 15 is 0 Å². The smallest absolute Gasteiger partial charge is 0.147 e. The van der Waals surface area contributed by atoms with Crippen LogP contribution in [0.1, 0.15) is 12.8 Å². The summed E-state index contributed by atoms with van der Waals surface area (Å²) in [6, 6.07) is 5.58. The molecule has 0 spiro atoms. The molecule has 3 rings (SSSR count). The van der Waals surface area contributed by atoms with E-state index in [0.717, 1.165) is 16.8 Å². The molecule has 0 heterocycles. The molecule has 3 atom stereocenters. The van der Waals surface area contributed by atoms with E-state index in [1.54, 1.807) is 6.07 Å². The first kappa shape index (κ1) is 10.3. The topological polar surface area (TPSA) is 12.0 Å². The molecule has 3 unspecified atom stereocenters. The van der Waals surface area contributed by atoms with Gasteiger partial charge in [0.1, 0.15) is 5.82 Å². The average Bonchev–Trinajstić information content (AvgIpc) is 2.59. The molecule has 0 aliphatic heterocycles. The Morgan fingerprint density at radius 2 is 2.25 bits per heavy atom. The number of rotatable bonds is 2. The van der Waals surface area contributed by atoms with Crippen molar-refractivity contribution >= 4 is 21.6 Å². The van der Waals surface area contributed by atoms with Crippen molar-refractivity contribution in [3.8, 4) is 0 Å². The highest BCUT2D eigenvalue weighted by Crippen LogP contribution is 2.44. The van der Waals surface area contributed by atoms with E-state index in [-0.39, 0.29) is 5.82 Å². The minimum Gasteiger partial charge on any atom is -0.379 e. The number of nitrogens with one attached hydrogen (secondary N) is 1. The first-order chi connectivity index (χ1) is 7.74. The summed E-state index contributed by atoms with van der Waals surface area (Å²) in [4.78, 5) is 0. The summed E-state index contributed by atoms with van der Waals surface area (Å²) in [5, 5.41) is 3.30. The molecule has 3 heteroatoms. The highest BCUT2D eigenvalue weighted by molar-refractivity contribution is 9.10. The van der Waals surface area contributed by atoms with Crippen molar-refractivity contribution in [3.05, 3.63) is 40.6 Å². The van der Waals surface area contributed by atoms with Gasteiger partial charge < -0.3 is 5.32 Å². The van der Waals surface area contributed by atoms with Crippen LogP contribution in [0.3, 0.4) is 0 Å². The third-order valence-electron chi connectivity index (χ3n) is 3.63. The quantitative estimate of drug-likeness (QED) is 0.809. The van der Waals surface area contributed by atoms with E-state index in [0.29, 0.717) is 17.6 Å². The van der Waals surface area contributed by atoms with Crippen molar-refractivity contribution in [2.45, 2.75) is 18.9 Å². The standard InChI is InChI=1S/C13H13BrFN/c14-9-4-5-12(11(15)7-9)16-13-6-8-2-1-3-10(8)13/h1,3-5,7-8,10,13,16H,2,6H2. The van der Waals surface area contributed by atoms with Crippen molar-refractivity contribution in [2.75, 3.05) is 5.32 Å². The Morgan fingerprint density at radius 1 is 1.38 bits per heavy atom. The fraction of sp³-hybridized carbons (Fsp3) is 0.385. The predicted molar refractivity (Wildman–Crippen MR) is 66.9 cm³/mol. The Morgan fingerprint density at radius 3 is 3.00 bits per heavy atom. The largest absolute Gasteiger partial charge is 0.379 e. The maximum Gasteiger partial charge on any atom is 0.147 e. The molecule has 0 amide bonds. The van der Waals surface area contributed by atoms with Crippen LogP contribution in [-0.4, -0.2) is 6.04 Å². The Labute approximate surface area is 103 Å². The summed E-state index contributed by atoms with van der Waals surface area (Å²) in [6.45, 7) is 0.